The van der Waals surface area contributed by atoms with Crippen molar-refractivity contribution in [2.75, 3.05) is 6.61 Å². The summed E-state index contributed by atoms with van der Waals surface area (Å²) in [4.78, 5) is 12.2. The van der Waals surface area contributed by atoms with Crippen molar-refractivity contribution < 1.29 is 19.4 Å². The Bertz CT molecular complexity index is 847. The Morgan fingerprint density at radius 2 is 1.93 bits per heavy atom. The number of carbonyl (C=O) groups is 1. The number of ether oxygens (including phenoxy) is 2. The Kier molecular flexibility index (Phi) is 9.45. The van der Waals surface area contributed by atoms with Crippen LogP contribution >= 0.6 is 0 Å². The molecule has 0 aliphatic rings. The SMILES string of the molecule is C=CCc1cccc(/C=N/NC(=O)C(C)Oc2ccc(OCCCCC)cc2)c1O. The van der Waals surface area contributed by atoms with Gasteiger partial charge in [0, 0.05) is 5.56 Å². The van der Waals surface area contributed by atoms with Gasteiger partial charge in [0.25, 0.3) is 5.91 Å². The Balaban J connectivity index is 1.84. The maximum absolute atomic E-state index is 12.2. The largest absolute Gasteiger partial charge is 0.507 e. The average Bonchev–Trinajstić information content (AvgIpc) is 2.75. The molecule has 0 heterocycles. The van der Waals surface area contributed by atoms with Gasteiger partial charge in [-0.25, -0.2) is 5.43 Å². The van der Waals surface area contributed by atoms with Gasteiger partial charge in [-0.3, -0.25) is 4.79 Å². The zero-order valence-electron chi connectivity index (χ0n) is 17.6. The number of hydrogen-bond acceptors (Lipinski definition) is 5. The van der Waals surface area contributed by atoms with E-state index >= 15 is 0 Å². The van der Waals surface area contributed by atoms with E-state index in [-0.39, 0.29) is 5.75 Å². The molecule has 0 saturated heterocycles. The van der Waals surface area contributed by atoms with Crippen LogP contribution in [0.4, 0.5) is 0 Å². The summed E-state index contributed by atoms with van der Waals surface area (Å²) in [6.07, 6.45) is 6.26. The molecule has 2 rings (SSSR count). The number of nitrogens with one attached hydrogen (secondary N) is 1. The number of hydrogen-bond donors (Lipinski definition) is 2. The molecule has 0 fully saturated rings. The monoisotopic (exact) mass is 410 g/mol. The van der Waals surface area contributed by atoms with Gasteiger partial charge in [-0.05, 0) is 55.7 Å². The van der Waals surface area contributed by atoms with Crippen LogP contribution < -0.4 is 14.9 Å². The molecular formula is C24H30N2O4. The van der Waals surface area contributed by atoms with Gasteiger partial charge >= 0.3 is 0 Å². The minimum atomic E-state index is -0.737. The molecule has 30 heavy (non-hydrogen) atoms. The summed E-state index contributed by atoms with van der Waals surface area (Å²) < 4.78 is 11.3. The molecule has 0 saturated carbocycles. The van der Waals surface area contributed by atoms with E-state index in [1.165, 1.54) is 6.21 Å². The number of unbranched alkanes of at least 4 members (excludes halogenated alkanes) is 2. The Morgan fingerprint density at radius 3 is 2.63 bits per heavy atom. The molecule has 0 bridgehead atoms. The zero-order chi connectivity index (χ0) is 21.8. The zero-order valence-corrected chi connectivity index (χ0v) is 17.6. The topological polar surface area (TPSA) is 80.2 Å². The van der Waals surface area contributed by atoms with E-state index in [0.717, 1.165) is 30.6 Å². The van der Waals surface area contributed by atoms with Crippen molar-refractivity contribution in [3.8, 4) is 17.2 Å². The predicted octanol–water partition coefficient (Wildman–Crippen LogP) is 4.61. The standard InChI is InChI=1S/C24H30N2O4/c1-4-6-7-16-29-21-12-14-22(15-13-21)30-18(3)24(28)26-25-17-20-11-8-10-19(9-5-2)23(20)27/h5,8,10-15,17-18,27H,2,4,6-7,9,16H2,1,3H3,(H,26,28)/b25-17+. The lowest BCUT2D eigenvalue weighted by molar-refractivity contribution is -0.127. The second-order valence-corrected chi connectivity index (χ2v) is 6.87. The lowest BCUT2D eigenvalue weighted by atomic mass is 10.1. The van der Waals surface area contributed by atoms with E-state index in [1.54, 1.807) is 31.2 Å². The van der Waals surface area contributed by atoms with E-state index < -0.39 is 12.0 Å². The average molecular weight is 411 g/mol. The quantitative estimate of drug-likeness (QED) is 0.232. The van der Waals surface area contributed by atoms with Crippen LogP contribution in [0.25, 0.3) is 0 Å². The van der Waals surface area contributed by atoms with Crippen LogP contribution in [0, 0.1) is 0 Å². The predicted molar refractivity (Wildman–Crippen MR) is 119 cm³/mol. The maximum Gasteiger partial charge on any atom is 0.280 e. The van der Waals surface area contributed by atoms with E-state index in [4.69, 9.17) is 9.47 Å². The molecule has 1 unspecified atom stereocenters. The first-order chi connectivity index (χ1) is 14.5. The Labute approximate surface area is 178 Å². The molecule has 1 atom stereocenters. The third-order valence-electron chi connectivity index (χ3n) is 4.42. The van der Waals surface area contributed by atoms with Crippen molar-refractivity contribution in [1.82, 2.24) is 5.43 Å². The van der Waals surface area contributed by atoms with Crippen molar-refractivity contribution in [3.05, 3.63) is 66.2 Å². The smallest absolute Gasteiger partial charge is 0.280 e. The number of hydrazone groups is 1. The molecule has 6 nitrogen and oxygen atoms in total. The minimum Gasteiger partial charge on any atom is -0.507 e. The molecule has 2 aromatic rings. The first-order valence-electron chi connectivity index (χ1n) is 10.2. The molecule has 2 aromatic carbocycles. The van der Waals surface area contributed by atoms with Gasteiger partial charge in [-0.15, -0.1) is 6.58 Å². The van der Waals surface area contributed by atoms with Crippen molar-refractivity contribution >= 4 is 12.1 Å². The normalized spacial score (nSPS) is 11.8. The fourth-order valence-electron chi connectivity index (χ4n) is 2.71. The number of benzene rings is 2. The van der Waals surface area contributed by atoms with Gasteiger partial charge in [0.1, 0.15) is 17.2 Å². The maximum atomic E-state index is 12.2. The van der Waals surface area contributed by atoms with E-state index in [1.807, 2.05) is 24.3 Å². The molecule has 0 aliphatic heterocycles. The van der Waals surface area contributed by atoms with Crippen LogP contribution in [0.2, 0.25) is 0 Å². The number of phenolic OH excluding ortho intramolecular Hbond substituents is 1. The number of phenols is 1. The fourth-order valence-corrected chi connectivity index (χ4v) is 2.71. The molecular weight excluding hydrogens is 380 g/mol. The first kappa shape index (κ1) is 23.0. The van der Waals surface area contributed by atoms with Crippen LogP contribution in [0.5, 0.6) is 17.2 Å². The van der Waals surface area contributed by atoms with Crippen LogP contribution in [-0.4, -0.2) is 29.9 Å². The molecule has 0 aliphatic carbocycles. The summed E-state index contributed by atoms with van der Waals surface area (Å²) in [7, 11) is 0. The lowest BCUT2D eigenvalue weighted by Crippen LogP contribution is -2.33. The van der Waals surface area contributed by atoms with Crippen LogP contribution in [0.1, 0.15) is 44.2 Å². The highest BCUT2D eigenvalue weighted by Gasteiger charge is 2.14. The third kappa shape index (κ3) is 7.28. The van der Waals surface area contributed by atoms with E-state index in [0.29, 0.717) is 24.3 Å². The van der Waals surface area contributed by atoms with Gasteiger partial charge in [0.05, 0.1) is 12.8 Å². The molecule has 6 heteroatoms. The van der Waals surface area contributed by atoms with Crippen molar-refractivity contribution in [2.45, 2.75) is 45.6 Å². The number of amides is 1. The Hall–Kier alpha value is -3.28. The first-order valence-corrected chi connectivity index (χ1v) is 10.2. The summed E-state index contributed by atoms with van der Waals surface area (Å²) in [5.74, 6) is 1.07. The lowest BCUT2D eigenvalue weighted by Gasteiger charge is -2.13. The van der Waals surface area contributed by atoms with Gasteiger partial charge in [0.15, 0.2) is 6.10 Å². The fraction of sp³-hybridized carbons (Fsp3) is 0.333. The highest BCUT2D eigenvalue weighted by atomic mass is 16.5. The number of allylic oxidation sites excluding steroid dienone is 1. The van der Waals surface area contributed by atoms with Crippen LogP contribution in [0.15, 0.2) is 60.2 Å². The number of carbonyl (C=O) groups excluding carboxylic acids is 1. The van der Waals surface area contributed by atoms with E-state index in [2.05, 4.69) is 24.0 Å². The summed E-state index contributed by atoms with van der Waals surface area (Å²) in [5.41, 5.74) is 3.69. The number of rotatable bonds is 12. The number of para-hydroxylation sites is 1. The highest BCUT2D eigenvalue weighted by molar-refractivity contribution is 5.86. The summed E-state index contributed by atoms with van der Waals surface area (Å²) in [6, 6.07) is 12.5. The number of nitrogens with zero attached hydrogens (tertiary/aromatic N) is 1. The molecule has 0 aromatic heterocycles. The van der Waals surface area contributed by atoms with Gasteiger partial charge in [0.2, 0.25) is 0 Å². The van der Waals surface area contributed by atoms with Crippen LogP contribution in [0.3, 0.4) is 0 Å². The minimum absolute atomic E-state index is 0.122. The Morgan fingerprint density at radius 1 is 1.20 bits per heavy atom. The van der Waals surface area contributed by atoms with Crippen molar-refractivity contribution in [3.63, 3.8) is 0 Å². The molecule has 2 N–H and O–H groups in total. The second kappa shape index (κ2) is 12.3. The van der Waals surface area contributed by atoms with Crippen molar-refractivity contribution in [2.24, 2.45) is 5.10 Å². The molecule has 0 spiro atoms. The second-order valence-electron chi connectivity index (χ2n) is 6.87. The van der Waals surface area contributed by atoms with Gasteiger partial charge < -0.3 is 14.6 Å². The molecule has 0 radical (unpaired) electrons. The highest BCUT2D eigenvalue weighted by Crippen LogP contribution is 2.22. The summed E-state index contributed by atoms with van der Waals surface area (Å²) in [5, 5.41) is 14.1. The summed E-state index contributed by atoms with van der Waals surface area (Å²) >= 11 is 0. The van der Waals surface area contributed by atoms with E-state index in [9.17, 15) is 9.90 Å². The van der Waals surface area contributed by atoms with Gasteiger partial charge in [-0.2, -0.15) is 5.10 Å². The molecule has 1 amide bonds. The summed E-state index contributed by atoms with van der Waals surface area (Å²) in [6.45, 7) is 8.15. The van der Waals surface area contributed by atoms with Crippen molar-refractivity contribution in [1.29, 1.82) is 0 Å². The van der Waals surface area contributed by atoms with Gasteiger partial charge in [-0.1, -0.05) is 38.0 Å². The third-order valence-corrected chi connectivity index (χ3v) is 4.42. The van der Waals surface area contributed by atoms with Crippen LogP contribution in [-0.2, 0) is 11.2 Å². The number of aromatic hydroxyl groups is 1. The molecule has 160 valence electrons.